The zero-order chi connectivity index (χ0) is 11.4. The second-order valence-electron chi connectivity index (χ2n) is 2.51. The molecule has 0 heterocycles. The van der Waals surface area contributed by atoms with Gasteiger partial charge in [-0.05, 0) is 46.9 Å². The van der Waals surface area contributed by atoms with Gasteiger partial charge in [-0.25, -0.2) is 0 Å². The van der Waals surface area contributed by atoms with Crippen molar-refractivity contribution in [2.45, 2.75) is 0 Å². The van der Waals surface area contributed by atoms with E-state index in [1.807, 2.05) is 0 Å². The molecule has 0 aromatic heterocycles. The third kappa shape index (κ3) is 2.95. The normalized spacial score (nSPS) is 9.20. The number of halogens is 2. The summed E-state index contributed by atoms with van der Waals surface area (Å²) in [7, 11) is 0. The van der Waals surface area contributed by atoms with Crippen LogP contribution < -0.4 is 0 Å². The van der Waals surface area contributed by atoms with Crippen molar-refractivity contribution in [3.05, 3.63) is 39.8 Å². The predicted octanol–water partition coefficient (Wildman–Crippen LogP) is 3.39. The Balaban J connectivity index is 3.38. The number of benzene rings is 1. The van der Waals surface area contributed by atoms with Gasteiger partial charge in [0.1, 0.15) is 0 Å². The molecule has 1 rings (SSSR count). The molecule has 15 heavy (non-hydrogen) atoms. The molecular formula is C8H3Cl2N3O2. The Labute approximate surface area is 94.2 Å². The molecule has 0 saturated carbocycles. The Morgan fingerprint density at radius 3 is 1.93 bits per heavy atom. The van der Waals surface area contributed by atoms with E-state index in [9.17, 15) is 9.59 Å². The predicted molar refractivity (Wildman–Crippen MR) is 55.6 cm³/mol. The highest BCUT2D eigenvalue weighted by atomic mass is 35.5. The van der Waals surface area contributed by atoms with Crippen LogP contribution in [0.15, 0.2) is 23.3 Å². The van der Waals surface area contributed by atoms with Gasteiger partial charge < -0.3 is 0 Å². The number of rotatable bonds is 3. The Morgan fingerprint density at radius 2 is 1.60 bits per heavy atom. The molecule has 0 radical (unpaired) electrons. The zero-order valence-electron chi connectivity index (χ0n) is 7.15. The van der Waals surface area contributed by atoms with Crippen molar-refractivity contribution in [2.24, 2.45) is 5.11 Å². The summed E-state index contributed by atoms with van der Waals surface area (Å²) in [5.41, 5.74) is 8.40. The third-order valence-corrected chi connectivity index (χ3v) is 1.97. The molecule has 1 aromatic rings. The molecule has 0 fully saturated rings. The highest BCUT2D eigenvalue weighted by Gasteiger charge is 2.09. The first-order chi connectivity index (χ1) is 7.04. The van der Waals surface area contributed by atoms with Crippen molar-refractivity contribution in [3.8, 4) is 0 Å². The molecule has 5 nitrogen and oxygen atoms in total. The van der Waals surface area contributed by atoms with Crippen molar-refractivity contribution in [2.75, 3.05) is 0 Å². The van der Waals surface area contributed by atoms with Gasteiger partial charge in [-0.3, -0.25) is 9.59 Å². The van der Waals surface area contributed by atoms with Crippen LogP contribution in [-0.2, 0) is 0 Å². The Hall–Kier alpha value is -1.55. The van der Waals surface area contributed by atoms with Crippen molar-refractivity contribution in [3.63, 3.8) is 0 Å². The first-order valence-electron chi connectivity index (χ1n) is 3.64. The van der Waals surface area contributed by atoms with Crippen LogP contribution in [0.3, 0.4) is 0 Å². The molecular weight excluding hydrogens is 241 g/mol. The zero-order valence-corrected chi connectivity index (χ0v) is 8.66. The lowest BCUT2D eigenvalue weighted by Gasteiger charge is -1.99. The summed E-state index contributed by atoms with van der Waals surface area (Å²) >= 11 is 10.4. The van der Waals surface area contributed by atoms with Gasteiger partial charge >= 0.3 is 0 Å². The number of hydrogen-bond donors (Lipinski definition) is 0. The van der Waals surface area contributed by atoms with Gasteiger partial charge in [0.25, 0.3) is 10.5 Å². The molecule has 0 amide bonds. The Morgan fingerprint density at radius 1 is 1.13 bits per heavy atom. The fraction of sp³-hybridized carbons (Fsp3) is 0. The van der Waals surface area contributed by atoms with E-state index in [0.717, 1.165) is 0 Å². The SMILES string of the molecule is [N-]=[N+]=Nc1cc(C(=O)Cl)cc(C(=O)Cl)c1. The van der Waals surface area contributed by atoms with Crippen LogP contribution in [0, 0.1) is 0 Å². The highest BCUT2D eigenvalue weighted by Crippen LogP contribution is 2.20. The van der Waals surface area contributed by atoms with E-state index in [2.05, 4.69) is 10.0 Å². The molecule has 0 aliphatic rings. The monoisotopic (exact) mass is 243 g/mol. The van der Waals surface area contributed by atoms with Crippen LogP contribution in [0.4, 0.5) is 5.69 Å². The topological polar surface area (TPSA) is 82.9 Å². The van der Waals surface area contributed by atoms with E-state index < -0.39 is 10.5 Å². The summed E-state index contributed by atoms with van der Waals surface area (Å²) in [5.74, 6) is 0. The summed E-state index contributed by atoms with van der Waals surface area (Å²) in [6.07, 6.45) is 0. The molecule has 0 unspecified atom stereocenters. The van der Waals surface area contributed by atoms with Gasteiger partial charge in [-0.15, -0.1) is 0 Å². The highest BCUT2D eigenvalue weighted by molar-refractivity contribution is 6.69. The molecule has 0 bridgehead atoms. The number of carbonyl (C=O) groups is 2. The maximum atomic E-state index is 10.9. The molecule has 1 aromatic carbocycles. The molecule has 0 spiro atoms. The lowest BCUT2D eigenvalue weighted by molar-refractivity contribution is 0.108. The van der Waals surface area contributed by atoms with E-state index in [1.54, 1.807) is 0 Å². The number of carbonyl (C=O) groups excluding carboxylic acids is 2. The van der Waals surface area contributed by atoms with Gasteiger partial charge in [0.15, 0.2) is 0 Å². The maximum absolute atomic E-state index is 10.9. The van der Waals surface area contributed by atoms with E-state index in [4.69, 9.17) is 28.7 Å². The summed E-state index contributed by atoms with van der Waals surface area (Å²) in [5, 5.41) is 1.73. The van der Waals surface area contributed by atoms with Gasteiger partial charge in [0.2, 0.25) is 0 Å². The number of hydrogen-bond acceptors (Lipinski definition) is 3. The lowest BCUT2D eigenvalue weighted by atomic mass is 10.1. The first-order valence-corrected chi connectivity index (χ1v) is 4.40. The summed E-state index contributed by atoms with van der Waals surface area (Å²) < 4.78 is 0. The minimum absolute atomic E-state index is 0.0468. The van der Waals surface area contributed by atoms with Crippen LogP contribution >= 0.6 is 23.2 Å². The molecule has 0 N–H and O–H groups in total. The van der Waals surface area contributed by atoms with E-state index >= 15 is 0 Å². The summed E-state index contributed by atoms with van der Waals surface area (Å²) in [6, 6.07) is 3.75. The van der Waals surface area contributed by atoms with Crippen molar-refractivity contribution >= 4 is 39.4 Å². The van der Waals surface area contributed by atoms with E-state index in [-0.39, 0.29) is 16.8 Å². The largest absolute Gasteiger partial charge is 0.276 e. The molecule has 0 aliphatic heterocycles. The van der Waals surface area contributed by atoms with Crippen LogP contribution in [0.5, 0.6) is 0 Å². The van der Waals surface area contributed by atoms with E-state index in [1.165, 1.54) is 18.2 Å². The maximum Gasteiger partial charge on any atom is 0.252 e. The molecule has 7 heteroatoms. The van der Waals surface area contributed by atoms with Crippen LogP contribution in [0.1, 0.15) is 20.7 Å². The smallest absolute Gasteiger partial charge is 0.252 e. The number of nitrogens with zero attached hydrogens (tertiary/aromatic N) is 3. The van der Waals surface area contributed by atoms with Gasteiger partial charge in [0.05, 0.1) is 0 Å². The minimum atomic E-state index is -0.760. The summed E-state index contributed by atoms with van der Waals surface area (Å²) in [4.78, 5) is 24.2. The van der Waals surface area contributed by atoms with Crippen LogP contribution in [0.2, 0.25) is 0 Å². The second kappa shape index (κ2) is 4.79. The quantitative estimate of drug-likeness (QED) is 0.353. The average Bonchev–Trinajstić information content (AvgIpc) is 2.17. The molecule has 0 atom stereocenters. The third-order valence-electron chi connectivity index (χ3n) is 1.53. The van der Waals surface area contributed by atoms with Crippen molar-refractivity contribution in [1.29, 1.82) is 0 Å². The Bertz CT molecular complexity index is 418. The Kier molecular flexibility index (Phi) is 3.68. The van der Waals surface area contributed by atoms with Crippen molar-refractivity contribution < 1.29 is 9.59 Å². The van der Waals surface area contributed by atoms with Gasteiger partial charge in [0, 0.05) is 21.7 Å². The fourth-order valence-electron chi connectivity index (χ4n) is 0.948. The second-order valence-corrected chi connectivity index (χ2v) is 3.19. The van der Waals surface area contributed by atoms with Gasteiger partial charge in [-0.1, -0.05) is 5.11 Å². The minimum Gasteiger partial charge on any atom is -0.276 e. The average molecular weight is 244 g/mol. The van der Waals surface area contributed by atoms with Crippen LogP contribution in [0.25, 0.3) is 10.4 Å². The van der Waals surface area contributed by atoms with Gasteiger partial charge in [-0.2, -0.15) is 0 Å². The van der Waals surface area contributed by atoms with Crippen LogP contribution in [-0.4, -0.2) is 10.5 Å². The standard InChI is InChI=1S/C8H3Cl2N3O2/c9-7(14)4-1-5(8(10)15)3-6(2-4)12-13-11/h1-3H. The summed E-state index contributed by atoms with van der Waals surface area (Å²) in [6.45, 7) is 0. The van der Waals surface area contributed by atoms with E-state index in [0.29, 0.717) is 0 Å². The first kappa shape index (κ1) is 11.5. The van der Waals surface area contributed by atoms with Crippen molar-refractivity contribution in [1.82, 2.24) is 0 Å². The molecule has 76 valence electrons. The fourth-order valence-corrected chi connectivity index (χ4v) is 1.17. The number of azide groups is 1. The molecule has 0 aliphatic carbocycles. The molecule has 0 saturated heterocycles. The lowest BCUT2D eigenvalue weighted by Crippen LogP contribution is -1.94.